The zero-order chi connectivity index (χ0) is 17.1. The van der Waals surface area contributed by atoms with E-state index in [0.717, 1.165) is 11.4 Å². The Morgan fingerprint density at radius 3 is 2.71 bits per heavy atom. The molecule has 2 aromatic carbocycles. The standard InChI is InChI=1S/C18H16N4OS/c1-13-12-21(22(17(13)23)16-8-3-2-4-9-16)18(24)20-15-7-5-6-14(10-15)11-19/h2-10,13H,12H2,1H3,(H,20,24). The van der Waals surface area contributed by atoms with Crippen molar-refractivity contribution in [1.29, 1.82) is 5.26 Å². The van der Waals surface area contributed by atoms with Gasteiger partial charge in [0, 0.05) is 5.69 Å². The third-order valence-electron chi connectivity index (χ3n) is 3.80. The Morgan fingerprint density at radius 2 is 2.00 bits per heavy atom. The van der Waals surface area contributed by atoms with E-state index in [1.165, 1.54) is 0 Å². The molecule has 1 fully saturated rings. The molecular weight excluding hydrogens is 320 g/mol. The average Bonchev–Trinajstić information content (AvgIpc) is 2.91. The van der Waals surface area contributed by atoms with Crippen molar-refractivity contribution in [2.45, 2.75) is 6.92 Å². The molecular formula is C18H16N4OS. The van der Waals surface area contributed by atoms with Crippen molar-refractivity contribution >= 4 is 34.6 Å². The quantitative estimate of drug-likeness (QED) is 0.854. The highest BCUT2D eigenvalue weighted by Gasteiger charge is 2.37. The molecule has 2 aromatic rings. The van der Waals surface area contributed by atoms with Gasteiger partial charge in [-0.1, -0.05) is 31.2 Å². The van der Waals surface area contributed by atoms with E-state index in [2.05, 4.69) is 11.4 Å². The van der Waals surface area contributed by atoms with Crippen molar-refractivity contribution in [2.24, 2.45) is 5.92 Å². The summed E-state index contributed by atoms with van der Waals surface area (Å²) < 4.78 is 0. The minimum Gasteiger partial charge on any atom is -0.331 e. The number of carbonyl (C=O) groups is 1. The summed E-state index contributed by atoms with van der Waals surface area (Å²) in [6.45, 7) is 2.40. The molecule has 0 aliphatic carbocycles. The maximum Gasteiger partial charge on any atom is 0.250 e. The van der Waals surface area contributed by atoms with Crippen LogP contribution in [0.1, 0.15) is 12.5 Å². The Hall–Kier alpha value is -2.91. The monoisotopic (exact) mass is 336 g/mol. The minimum absolute atomic E-state index is 0.0103. The SMILES string of the molecule is CC1CN(C(=S)Nc2cccc(C#N)c2)N(c2ccccc2)C1=O. The van der Waals surface area contributed by atoms with Gasteiger partial charge in [-0.2, -0.15) is 5.26 Å². The summed E-state index contributed by atoms with van der Waals surface area (Å²) in [5.41, 5.74) is 2.05. The van der Waals surface area contributed by atoms with Crippen LogP contribution in [-0.2, 0) is 4.79 Å². The summed E-state index contributed by atoms with van der Waals surface area (Å²) in [5.74, 6) is -0.133. The molecule has 1 atom stereocenters. The second-order valence-electron chi connectivity index (χ2n) is 5.59. The molecule has 0 spiro atoms. The Balaban J connectivity index is 1.85. The smallest absolute Gasteiger partial charge is 0.250 e. The predicted octanol–water partition coefficient (Wildman–Crippen LogP) is 3.15. The van der Waals surface area contributed by atoms with Crippen LogP contribution < -0.4 is 10.3 Å². The summed E-state index contributed by atoms with van der Waals surface area (Å²) in [5, 5.41) is 15.9. The van der Waals surface area contributed by atoms with Crippen LogP contribution in [0.2, 0.25) is 0 Å². The molecule has 1 N–H and O–H groups in total. The van der Waals surface area contributed by atoms with E-state index < -0.39 is 0 Å². The first-order valence-corrected chi connectivity index (χ1v) is 7.98. The van der Waals surface area contributed by atoms with Crippen LogP contribution in [0, 0.1) is 17.2 Å². The number of amides is 1. The van der Waals surface area contributed by atoms with Crippen LogP contribution in [0.3, 0.4) is 0 Å². The number of thiocarbonyl (C=S) groups is 1. The lowest BCUT2D eigenvalue weighted by molar-refractivity contribution is -0.120. The average molecular weight is 336 g/mol. The largest absolute Gasteiger partial charge is 0.331 e. The van der Waals surface area contributed by atoms with E-state index >= 15 is 0 Å². The van der Waals surface area contributed by atoms with Gasteiger partial charge in [0.2, 0.25) is 0 Å². The van der Waals surface area contributed by atoms with Crippen LogP contribution in [0.4, 0.5) is 11.4 Å². The van der Waals surface area contributed by atoms with E-state index in [-0.39, 0.29) is 11.8 Å². The molecule has 1 aliphatic heterocycles. The number of hydrazine groups is 1. The van der Waals surface area contributed by atoms with Gasteiger partial charge in [-0.3, -0.25) is 9.80 Å². The third kappa shape index (κ3) is 3.07. The van der Waals surface area contributed by atoms with Gasteiger partial charge in [0.1, 0.15) is 0 Å². The van der Waals surface area contributed by atoms with Gasteiger partial charge in [-0.25, -0.2) is 5.01 Å². The summed E-state index contributed by atoms with van der Waals surface area (Å²) in [4.78, 5) is 12.5. The lowest BCUT2D eigenvalue weighted by Gasteiger charge is -2.30. The molecule has 3 rings (SSSR count). The van der Waals surface area contributed by atoms with Gasteiger partial charge in [-0.15, -0.1) is 0 Å². The molecule has 0 bridgehead atoms. The van der Waals surface area contributed by atoms with E-state index in [0.29, 0.717) is 17.2 Å². The number of rotatable bonds is 2. The van der Waals surface area contributed by atoms with Crippen LogP contribution in [-0.4, -0.2) is 22.6 Å². The number of hydrogen-bond donors (Lipinski definition) is 1. The Kier molecular flexibility index (Phi) is 4.45. The number of nitrogens with zero attached hydrogens (tertiary/aromatic N) is 3. The fraction of sp³-hybridized carbons (Fsp3) is 0.167. The van der Waals surface area contributed by atoms with Gasteiger partial charge in [-0.05, 0) is 42.5 Å². The summed E-state index contributed by atoms with van der Waals surface area (Å²) in [6.07, 6.45) is 0. The topological polar surface area (TPSA) is 59.4 Å². The van der Waals surface area contributed by atoms with Gasteiger partial charge >= 0.3 is 0 Å². The number of para-hydroxylation sites is 1. The van der Waals surface area contributed by atoms with Crippen LogP contribution in [0.15, 0.2) is 54.6 Å². The molecule has 0 aromatic heterocycles. The predicted molar refractivity (Wildman–Crippen MR) is 97.2 cm³/mol. The number of anilines is 2. The first-order chi connectivity index (χ1) is 11.6. The van der Waals surface area contributed by atoms with E-state index in [1.54, 1.807) is 28.2 Å². The number of nitriles is 1. The molecule has 5 nitrogen and oxygen atoms in total. The van der Waals surface area contributed by atoms with E-state index in [1.807, 2.05) is 43.3 Å². The molecule has 1 heterocycles. The Morgan fingerprint density at radius 1 is 1.25 bits per heavy atom. The molecule has 6 heteroatoms. The molecule has 0 radical (unpaired) electrons. The number of benzene rings is 2. The van der Waals surface area contributed by atoms with E-state index in [9.17, 15) is 4.79 Å². The number of nitrogens with one attached hydrogen (secondary N) is 1. The normalized spacial score (nSPS) is 16.8. The second kappa shape index (κ2) is 6.69. The van der Waals surface area contributed by atoms with Crippen molar-refractivity contribution in [2.75, 3.05) is 16.9 Å². The lowest BCUT2D eigenvalue weighted by Crippen LogP contribution is -2.45. The van der Waals surface area contributed by atoms with Crippen molar-refractivity contribution in [3.05, 3.63) is 60.2 Å². The van der Waals surface area contributed by atoms with Gasteiger partial charge in [0.25, 0.3) is 5.91 Å². The molecule has 0 saturated carbocycles. The first-order valence-electron chi connectivity index (χ1n) is 7.58. The van der Waals surface area contributed by atoms with E-state index in [4.69, 9.17) is 17.5 Å². The lowest BCUT2D eigenvalue weighted by atomic mass is 10.2. The maximum atomic E-state index is 12.5. The zero-order valence-corrected chi connectivity index (χ0v) is 14.0. The van der Waals surface area contributed by atoms with Crippen LogP contribution >= 0.6 is 12.2 Å². The fourth-order valence-corrected chi connectivity index (χ4v) is 2.88. The molecule has 1 amide bonds. The maximum absolute atomic E-state index is 12.5. The van der Waals surface area contributed by atoms with Crippen molar-refractivity contribution < 1.29 is 4.79 Å². The van der Waals surface area contributed by atoms with Gasteiger partial charge in [0.15, 0.2) is 5.11 Å². The summed E-state index contributed by atoms with van der Waals surface area (Å²) in [7, 11) is 0. The third-order valence-corrected chi connectivity index (χ3v) is 4.11. The number of hydrogen-bond acceptors (Lipinski definition) is 3. The first kappa shape index (κ1) is 16.0. The van der Waals surface area contributed by atoms with Crippen LogP contribution in [0.5, 0.6) is 0 Å². The Labute approximate surface area is 146 Å². The Bertz CT molecular complexity index is 815. The van der Waals surface area contributed by atoms with Crippen LogP contribution in [0.25, 0.3) is 0 Å². The highest BCUT2D eigenvalue weighted by atomic mass is 32.1. The molecule has 1 unspecified atom stereocenters. The molecule has 1 aliphatic rings. The fourth-order valence-electron chi connectivity index (χ4n) is 2.61. The van der Waals surface area contributed by atoms with Crippen molar-refractivity contribution in [3.8, 4) is 6.07 Å². The van der Waals surface area contributed by atoms with Crippen molar-refractivity contribution in [1.82, 2.24) is 5.01 Å². The zero-order valence-electron chi connectivity index (χ0n) is 13.1. The molecule has 120 valence electrons. The van der Waals surface area contributed by atoms with Gasteiger partial charge < -0.3 is 5.32 Å². The van der Waals surface area contributed by atoms with Crippen molar-refractivity contribution in [3.63, 3.8) is 0 Å². The summed E-state index contributed by atoms with van der Waals surface area (Å²) >= 11 is 5.50. The summed E-state index contributed by atoms with van der Waals surface area (Å²) in [6, 6.07) is 18.6. The highest BCUT2D eigenvalue weighted by molar-refractivity contribution is 7.80. The molecule has 1 saturated heterocycles. The second-order valence-corrected chi connectivity index (χ2v) is 5.98. The molecule has 24 heavy (non-hydrogen) atoms. The minimum atomic E-state index is -0.143. The van der Waals surface area contributed by atoms with Gasteiger partial charge in [0.05, 0.1) is 29.8 Å². The number of carbonyl (C=O) groups excluding carboxylic acids is 1. The highest BCUT2D eigenvalue weighted by Crippen LogP contribution is 2.26.